The van der Waals surface area contributed by atoms with Crippen molar-refractivity contribution in [2.24, 2.45) is 0 Å². The van der Waals surface area contributed by atoms with E-state index in [1.807, 2.05) is 20.8 Å². The minimum atomic E-state index is -3.81. The van der Waals surface area contributed by atoms with Crippen molar-refractivity contribution in [3.63, 3.8) is 0 Å². The summed E-state index contributed by atoms with van der Waals surface area (Å²) in [7, 11) is -2.58. The SMILES string of the molecule is COC(=O)c1cc(CNS(=O)(=O)c2ccc(C(C)(C)C)cc2)cc(NC(=O)c2cnccn2)c1. The van der Waals surface area contributed by atoms with E-state index in [2.05, 4.69) is 20.0 Å². The number of ether oxygens (including phenoxy) is 1. The van der Waals surface area contributed by atoms with E-state index in [4.69, 9.17) is 4.74 Å². The molecule has 0 saturated heterocycles. The van der Waals surface area contributed by atoms with Crippen LogP contribution in [0.1, 0.15) is 52.7 Å². The lowest BCUT2D eigenvalue weighted by Gasteiger charge is -2.19. The molecule has 2 N–H and O–H groups in total. The molecule has 3 aromatic rings. The van der Waals surface area contributed by atoms with Crippen LogP contribution in [0, 0.1) is 0 Å². The van der Waals surface area contributed by atoms with Crippen molar-refractivity contribution in [2.75, 3.05) is 12.4 Å². The molecule has 9 nitrogen and oxygen atoms in total. The first-order valence-electron chi connectivity index (χ1n) is 10.4. The molecule has 0 spiro atoms. The zero-order chi connectivity index (χ0) is 24.9. The van der Waals surface area contributed by atoms with Gasteiger partial charge in [-0.15, -0.1) is 0 Å². The number of methoxy groups -OCH3 is 1. The van der Waals surface area contributed by atoms with Crippen LogP contribution in [0.4, 0.5) is 5.69 Å². The summed E-state index contributed by atoms with van der Waals surface area (Å²) in [6.45, 7) is 6.03. The van der Waals surface area contributed by atoms with E-state index in [9.17, 15) is 18.0 Å². The average Bonchev–Trinajstić information content (AvgIpc) is 2.82. The van der Waals surface area contributed by atoms with Gasteiger partial charge in [-0.05, 0) is 46.9 Å². The van der Waals surface area contributed by atoms with Gasteiger partial charge >= 0.3 is 5.97 Å². The maximum absolute atomic E-state index is 12.8. The van der Waals surface area contributed by atoms with Gasteiger partial charge in [-0.2, -0.15) is 0 Å². The molecular formula is C24H26N4O5S. The van der Waals surface area contributed by atoms with E-state index in [-0.39, 0.29) is 33.8 Å². The average molecular weight is 483 g/mol. The molecule has 1 heterocycles. The van der Waals surface area contributed by atoms with Gasteiger partial charge in [0, 0.05) is 24.6 Å². The van der Waals surface area contributed by atoms with Gasteiger partial charge in [-0.1, -0.05) is 32.9 Å². The Balaban J connectivity index is 1.82. The van der Waals surface area contributed by atoms with E-state index >= 15 is 0 Å². The molecule has 0 saturated carbocycles. The number of amides is 1. The summed E-state index contributed by atoms with van der Waals surface area (Å²) in [4.78, 5) is 32.5. The van der Waals surface area contributed by atoms with Crippen LogP contribution >= 0.6 is 0 Å². The molecule has 34 heavy (non-hydrogen) atoms. The fraction of sp³-hybridized carbons (Fsp3) is 0.250. The Labute approximate surface area is 198 Å². The predicted octanol–water partition coefficient (Wildman–Crippen LogP) is 3.29. The first-order chi connectivity index (χ1) is 16.0. The molecule has 0 unspecified atom stereocenters. The highest BCUT2D eigenvalue weighted by atomic mass is 32.2. The van der Waals surface area contributed by atoms with Gasteiger partial charge in [0.25, 0.3) is 5.91 Å². The molecule has 3 rings (SSSR count). The van der Waals surface area contributed by atoms with E-state index in [0.29, 0.717) is 5.56 Å². The highest BCUT2D eigenvalue weighted by Gasteiger charge is 2.18. The number of sulfonamides is 1. The van der Waals surface area contributed by atoms with Gasteiger partial charge < -0.3 is 10.1 Å². The van der Waals surface area contributed by atoms with Crippen LogP contribution in [0.2, 0.25) is 0 Å². The van der Waals surface area contributed by atoms with Crippen molar-refractivity contribution in [3.8, 4) is 0 Å². The maximum atomic E-state index is 12.8. The Bertz CT molecular complexity index is 1290. The molecule has 0 aliphatic carbocycles. The number of benzene rings is 2. The third kappa shape index (κ3) is 6.24. The third-order valence-electron chi connectivity index (χ3n) is 4.96. The van der Waals surface area contributed by atoms with Crippen LogP contribution < -0.4 is 10.0 Å². The molecule has 10 heteroatoms. The van der Waals surface area contributed by atoms with E-state index in [1.165, 1.54) is 37.8 Å². The summed E-state index contributed by atoms with van der Waals surface area (Å²) in [6, 6.07) is 11.2. The van der Waals surface area contributed by atoms with Crippen LogP contribution in [-0.4, -0.2) is 37.4 Å². The lowest BCUT2D eigenvalue weighted by Crippen LogP contribution is -2.24. The second-order valence-electron chi connectivity index (χ2n) is 8.55. The second-order valence-corrected chi connectivity index (χ2v) is 10.3. The van der Waals surface area contributed by atoms with E-state index in [0.717, 1.165) is 5.56 Å². The quantitative estimate of drug-likeness (QED) is 0.495. The van der Waals surface area contributed by atoms with Crippen molar-refractivity contribution in [1.82, 2.24) is 14.7 Å². The van der Waals surface area contributed by atoms with Crippen molar-refractivity contribution in [3.05, 3.63) is 83.4 Å². The Morgan fingerprint density at radius 1 is 1.03 bits per heavy atom. The summed E-state index contributed by atoms with van der Waals surface area (Å²) in [6.07, 6.45) is 4.13. The van der Waals surface area contributed by atoms with Gasteiger partial charge in [0.1, 0.15) is 5.69 Å². The third-order valence-corrected chi connectivity index (χ3v) is 6.38. The number of anilines is 1. The Hall–Kier alpha value is -3.63. The van der Waals surface area contributed by atoms with Crippen LogP contribution in [0.15, 0.2) is 66.0 Å². The van der Waals surface area contributed by atoms with Gasteiger partial charge in [0.15, 0.2) is 0 Å². The summed E-state index contributed by atoms with van der Waals surface area (Å²) >= 11 is 0. The topological polar surface area (TPSA) is 127 Å². The lowest BCUT2D eigenvalue weighted by molar-refractivity contribution is 0.0600. The van der Waals surface area contributed by atoms with Crippen molar-refractivity contribution in [1.29, 1.82) is 0 Å². The number of hydrogen-bond acceptors (Lipinski definition) is 7. The van der Waals surface area contributed by atoms with E-state index in [1.54, 1.807) is 30.3 Å². The number of rotatable bonds is 7. The van der Waals surface area contributed by atoms with Crippen molar-refractivity contribution < 1.29 is 22.7 Å². The molecule has 0 radical (unpaired) electrons. The van der Waals surface area contributed by atoms with Gasteiger partial charge in [0.05, 0.1) is 23.8 Å². The van der Waals surface area contributed by atoms with Gasteiger partial charge in [0.2, 0.25) is 10.0 Å². The van der Waals surface area contributed by atoms with Crippen molar-refractivity contribution in [2.45, 2.75) is 37.6 Å². The predicted molar refractivity (Wildman–Crippen MR) is 127 cm³/mol. The molecular weight excluding hydrogens is 456 g/mol. The molecule has 1 aromatic heterocycles. The van der Waals surface area contributed by atoms with Crippen LogP contribution in [0.5, 0.6) is 0 Å². The molecule has 0 atom stereocenters. The smallest absolute Gasteiger partial charge is 0.337 e. The highest BCUT2D eigenvalue weighted by molar-refractivity contribution is 7.89. The number of aromatic nitrogens is 2. The zero-order valence-corrected chi connectivity index (χ0v) is 20.1. The molecule has 2 aromatic carbocycles. The van der Waals surface area contributed by atoms with Gasteiger partial charge in [-0.25, -0.2) is 22.9 Å². The summed E-state index contributed by atoms with van der Waals surface area (Å²) < 4.78 is 32.9. The Morgan fingerprint density at radius 3 is 2.32 bits per heavy atom. The number of esters is 1. The second kappa shape index (κ2) is 10.1. The fourth-order valence-corrected chi connectivity index (χ4v) is 4.13. The minimum absolute atomic E-state index is 0.0897. The number of hydrogen-bond donors (Lipinski definition) is 2. The standard InChI is InChI=1S/C24H26N4O5S/c1-24(2,3)18-5-7-20(8-6-18)34(31,32)27-14-16-11-17(23(30)33-4)13-19(12-16)28-22(29)21-15-25-9-10-26-21/h5-13,15,27H,14H2,1-4H3,(H,28,29). The van der Waals surface area contributed by atoms with Crippen LogP contribution in [-0.2, 0) is 26.7 Å². The Morgan fingerprint density at radius 2 is 1.74 bits per heavy atom. The summed E-state index contributed by atoms with van der Waals surface area (Å²) in [5, 5.41) is 2.64. The van der Waals surface area contributed by atoms with Crippen molar-refractivity contribution >= 4 is 27.6 Å². The first kappa shape index (κ1) is 25.0. The minimum Gasteiger partial charge on any atom is -0.465 e. The fourth-order valence-electron chi connectivity index (χ4n) is 3.11. The maximum Gasteiger partial charge on any atom is 0.337 e. The first-order valence-corrected chi connectivity index (χ1v) is 11.9. The highest BCUT2D eigenvalue weighted by Crippen LogP contribution is 2.24. The normalized spacial score (nSPS) is 11.6. The monoisotopic (exact) mass is 482 g/mol. The van der Waals surface area contributed by atoms with E-state index < -0.39 is 21.9 Å². The van der Waals surface area contributed by atoms with Gasteiger partial charge in [-0.3, -0.25) is 9.78 Å². The lowest BCUT2D eigenvalue weighted by atomic mass is 9.87. The molecule has 0 aliphatic rings. The number of nitrogens with one attached hydrogen (secondary N) is 2. The number of carbonyl (C=O) groups excluding carboxylic acids is 2. The summed E-state index contributed by atoms with van der Waals surface area (Å²) in [5.41, 5.74) is 1.89. The largest absolute Gasteiger partial charge is 0.465 e. The molecule has 0 fully saturated rings. The molecule has 0 bridgehead atoms. The summed E-state index contributed by atoms with van der Waals surface area (Å²) in [5.74, 6) is -1.15. The number of nitrogens with zero attached hydrogens (tertiary/aromatic N) is 2. The zero-order valence-electron chi connectivity index (χ0n) is 19.3. The van der Waals surface area contributed by atoms with Crippen LogP contribution in [0.3, 0.4) is 0 Å². The Kier molecular flexibility index (Phi) is 7.43. The molecule has 178 valence electrons. The van der Waals surface area contributed by atoms with Crippen LogP contribution in [0.25, 0.3) is 0 Å². The number of carbonyl (C=O) groups is 2. The molecule has 0 aliphatic heterocycles. The molecule has 1 amide bonds.